The molecule has 1 aliphatic heterocycles. The number of nitrogens with one attached hydrogen (secondary N) is 1. The van der Waals surface area contributed by atoms with E-state index in [1.165, 1.54) is 18.2 Å². The van der Waals surface area contributed by atoms with Gasteiger partial charge in [-0.2, -0.15) is 0 Å². The van der Waals surface area contributed by atoms with Gasteiger partial charge in [-0.3, -0.25) is 14.3 Å². The fourth-order valence-corrected chi connectivity index (χ4v) is 4.92. The summed E-state index contributed by atoms with van der Waals surface area (Å²) in [6.45, 7) is 9.16. The summed E-state index contributed by atoms with van der Waals surface area (Å²) in [5, 5.41) is 24.7. The maximum Gasteiger partial charge on any atom is 0.224 e. The summed E-state index contributed by atoms with van der Waals surface area (Å²) in [5.41, 5.74) is 14.7. The molecule has 1 aliphatic rings. The molecule has 0 saturated carbocycles. The van der Waals surface area contributed by atoms with Gasteiger partial charge in [-0.15, -0.1) is 0 Å². The number of nitrogens with two attached hydrogens (primary N) is 2. The predicted molar refractivity (Wildman–Crippen MR) is 152 cm³/mol. The molecule has 4 rings (SSSR count). The fraction of sp³-hybridized carbons (Fsp3) is 0.571. The minimum atomic E-state index is -1.19. The molecule has 1 saturated heterocycles. The molecule has 0 unspecified atom stereocenters. The van der Waals surface area contributed by atoms with E-state index in [0.717, 1.165) is 18.4 Å². The van der Waals surface area contributed by atoms with Crippen LogP contribution in [0, 0.1) is 0 Å². The van der Waals surface area contributed by atoms with Crippen LogP contribution in [0.1, 0.15) is 51.0 Å². The highest BCUT2D eigenvalue weighted by Crippen LogP contribution is 2.32. The van der Waals surface area contributed by atoms with Gasteiger partial charge in [0.2, 0.25) is 5.91 Å². The first-order chi connectivity index (χ1) is 19.1. The molecule has 3 aromatic rings. The predicted octanol–water partition coefficient (Wildman–Crippen LogP) is 0.725. The van der Waals surface area contributed by atoms with E-state index in [2.05, 4.69) is 58.1 Å². The van der Waals surface area contributed by atoms with E-state index in [-0.39, 0.29) is 17.1 Å². The monoisotopic (exact) mass is 554 g/mol. The number of hydrogen-bond acceptors (Lipinski definition) is 10. The topological polar surface area (TPSA) is 178 Å². The van der Waals surface area contributed by atoms with Crippen LogP contribution in [0.3, 0.4) is 0 Å². The van der Waals surface area contributed by atoms with E-state index in [0.29, 0.717) is 50.3 Å². The van der Waals surface area contributed by atoms with Crippen LogP contribution < -0.4 is 16.8 Å². The average Bonchev–Trinajstić information content (AvgIpc) is 3.46. The first kappa shape index (κ1) is 29.8. The van der Waals surface area contributed by atoms with Crippen molar-refractivity contribution in [1.82, 2.24) is 29.7 Å². The number of benzene rings is 1. The second kappa shape index (κ2) is 13.0. The van der Waals surface area contributed by atoms with Crippen LogP contribution in [0.5, 0.6) is 0 Å². The molecule has 12 heteroatoms. The Morgan fingerprint density at radius 2 is 1.85 bits per heavy atom. The van der Waals surface area contributed by atoms with Crippen molar-refractivity contribution >= 4 is 22.9 Å². The number of hydrogen-bond donors (Lipinski definition) is 5. The second-order valence-electron chi connectivity index (χ2n) is 11.4. The first-order valence-electron chi connectivity index (χ1n) is 13.8. The molecule has 2 aromatic heterocycles. The molecule has 1 aromatic carbocycles. The summed E-state index contributed by atoms with van der Waals surface area (Å²) >= 11 is 0. The highest BCUT2D eigenvalue weighted by molar-refractivity contribution is 5.81. The van der Waals surface area contributed by atoms with E-state index in [4.69, 9.17) is 16.2 Å². The lowest BCUT2D eigenvalue weighted by Crippen LogP contribution is -2.43. The van der Waals surface area contributed by atoms with Gasteiger partial charge < -0.3 is 31.7 Å². The third kappa shape index (κ3) is 7.12. The van der Waals surface area contributed by atoms with E-state index in [1.54, 1.807) is 4.57 Å². The van der Waals surface area contributed by atoms with Crippen molar-refractivity contribution in [3.8, 4) is 0 Å². The fourth-order valence-electron chi connectivity index (χ4n) is 4.92. The second-order valence-corrected chi connectivity index (χ2v) is 11.4. The SMILES string of the molecule is CC(C)(C)c1ccc(CC(=O)NCCN(CCCCN)C[C@H]2O[C@@H](n3cnc4c(N)ncnc43)[C@H](O)[C@@H]2O)cc1. The van der Waals surface area contributed by atoms with E-state index >= 15 is 0 Å². The Morgan fingerprint density at radius 3 is 2.55 bits per heavy atom. The number of imidazole rings is 1. The zero-order valence-corrected chi connectivity index (χ0v) is 23.5. The number of amides is 1. The summed E-state index contributed by atoms with van der Waals surface area (Å²) in [4.78, 5) is 27.1. The van der Waals surface area contributed by atoms with Crippen molar-refractivity contribution in [2.75, 3.05) is 38.5 Å². The minimum Gasteiger partial charge on any atom is -0.387 e. The molecule has 4 atom stereocenters. The summed E-state index contributed by atoms with van der Waals surface area (Å²) in [7, 11) is 0. The number of aliphatic hydroxyl groups excluding tert-OH is 2. The van der Waals surface area contributed by atoms with Gasteiger partial charge in [0, 0.05) is 19.6 Å². The van der Waals surface area contributed by atoms with Gasteiger partial charge in [0.25, 0.3) is 0 Å². The molecule has 1 amide bonds. The maximum absolute atomic E-state index is 12.6. The number of aromatic nitrogens is 4. The number of carbonyl (C=O) groups excluding carboxylic acids is 1. The van der Waals surface area contributed by atoms with Gasteiger partial charge >= 0.3 is 0 Å². The molecule has 40 heavy (non-hydrogen) atoms. The van der Waals surface area contributed by atoms with Gasteiger partial charge in [0.15, 0.2) is 17.7 Å². The Bertz CT molecular complexity index is 1260. The van der Waals surface area contributed by atoms with Gasteiger partial charge in [-0.1, -0.05) is 45.0 Å². The number of fused-ring (bicyclic) bond motifs is 1. The van der Waals surface area contributed by atoms with Crippen LogP contribution in [0.15, 0.2) is 36.9 Å². The van der Waals surface area contributed by atoms with Crippen molar-refractivity contribution < 1.29 is 19.7 Å². The van der Waals surface area contributed by atoms with E-state index in [9.17, 15) is 15.0 Å². The largest absolute Gasteiger partial charge is 0.387 e. The number of aliphatic hydroxyl groups is 2. The molecule has 12 nitrogen and oxygen atoms in total. The third-order valence-corrected chi connectivity index (χ3v) is 7.30. The van der Waals surface area contributed by atoms with Crippen molar-refractivity contribution in [3.05, 3.63) is 48.0 Å². The van der Waals surface area contributed by atoms with Gasteiger partial charge in [-0.05, 0) is 42.5 Å². The van der Waals surface area contributed by atoms with Crippen LogP contribution in [0.25, 0.3) is 11.2 Å². The molecule has 3 heterocycles. The van der Waals surface area contributed by atoms with Crippen molar-refractivity contribution in [1.29, 1.82) is 0 Å². The number of anilines is 1. The highest BCUT2D eigenvalue weighted by atomic mass is 16.6. The van der Waals surface area contributed by atoms with Crippen LogP contribution in [0.2, 0.25) is 0 Å². The quantitative estimate of drug-likeness (QED) is 0.200. The standard InChI is InChI=1S/C28H42N8O4/c1-28(2,3)19-8-6-18(7-9-19)14-21(37)31-11-13-35(12-5-4-10-29)15-20-23(38)24(39)27(40-20)36-17-34-22-25(30)32-16-33-26(22)36/h6-9,16-17,20,23-24,27,38-39H,4-5,10-15,29H2,1-3H3,(H,31,37)(H2,30,32,33)/t20-,23-,24-,27-/m1/s1. The molecule has 0 aliphatic carbocycles. The summed E-state index contributed by atoms with van der Waals surface area (Å²) < 4.78 is 7.69. The minimum absolute atomic E-state index is 0.0497. The number of unbranched alkanes of at least 4 members (excludes halogenated alkanes) is 1. The highest BCUT2D eigenvalue weighted by Gasteiger charge is 2.44. The molecule has 7 N–H and O–H groups in total. The molecule has 0 spiro atoms. The number of carbonyl (C=O) groups is 1. The molecule has 0 bridgehead atoms. The summed E-state index contributed by atoms with van der Waals surface area (Å²) in [6.07, 6.45) is 0.974. The van der Waals surface area contributed by atoms with Crippen molar-refractivity contribution in [3.63, 3.8) is 0 Å². The lowest BCUT2D eigenvalue weighted by atomic mass is 9.86. The molecular formula is C28H42N8O4. The van der Waals surface area contributed by atoms with Gasteiger partial charge in [0.1, 0.15) is 30.2 Å². The number of ether oxygens (including phenoxy) is 1. The number of rotatable bonds is 12. The first-order valence-corrected chi connectivity index (χ1v) is 13.8. The summed E-state index contributed by atoms with van der Waals surface area (Å²) in [5.74, 6) is 0.176. The van der Waals surface area contributed by atoms with Crippen LogP contribution in [0.4, 0.5) is 5.82 Å². The van der Waals surface area contributed by atoms with Gasteiger partial charge in [-0.25, -0.2) is 15.0 Å². The van der Waals surface area contributed by atoms with Crippen LogP contribution in [-0.2, 0) is 21.4 Å². The van der Waals surface area contributed by atoms with Crippen LogP contribution >= 0.6 is 0 Å². The number of nitrogens with zero attached hydrogens (tertiary/aromatic N) is 5. The van der Waals surface area contributed by atoms with Crippen molar-refractivity contribution in [2.45, 2.75) is 70.0 Å². The number of nitrogen functional groups attached to an aromatic ring is 1. The average molecular weight is 555 g/mol. The Labute approximate surface area is 234 Å². The lowest BCUT2D eigenvalue weighted by molar-refractivity contribution is -0.120. The Kier molecular flexibility index (Phi) is 9.69. The molecule has 1 fully saturated rings. The Balaban J connectivity index is 1.34. The van der Waals surface area contributed by atoms with E-state index < -0.39 is 24.5 Å². The third-order valence-electron chi connectivity index (χ3n) is 7.30. The van der Waals surface area contributed by atoms with Gasteiger partial charge in [0.05, 0.1) is 12.7 Å². The normalized spacial score (nSPS) is 21.4. The Hall–Kier alpha value is -3.16. The van der Waals surface area contributed by atoms with Crippen molar-refractivity contribution in [2.24, 2.45) is 5.73 Å². The Morgan fingerprint density at radius 1 is 1.10 bits per heavy atom. The zero-order chi connectivity index (χ0) is 28.9. The molecule has 0 radical (unpaired) electrons. The zero-order valence-electron chi connectivity index (χ0n) is 23.5. The van der Waals surface area contributed by atoms with E-state index in [1.807, 2.05) is 12.1 Å². The smallest absolute Gasteiger partial charge is 0.224 e. The molecular weight excluding hydrogens is 512 g/mol. The lowest BCUT2D eigenvalue weighted by Gasteiger charge is -2.27. The molecule has 218 valence electrons. The van der Waals surface area contributed by atoms with Crippen LogP contribution in [-0.4, -0.2) is 91.6 Å². The summed E-state index contributed by atoms with van der Waals surface area (Å²) in [6, 6.07) is 8.16. The maximum atomic E-state index is 12.6.